The van der Waals surface area contributed by atoms with Crippen LogP contribution in [0.5, 0.6) is 5.75 Å². The normalized spacial score (nSPS) is 26.6. The molecule has 43 heavy (non-hydrogen) atoms. The number of carboxylic acid groups (broad SMARTS) is 1. The van der Waals surface area contributed by atoms with Crippen molar-refractivity contribution < 1.29 is 37.4 Å². The van der Waals surface area contributed by atoms with Gasteiger partial charge in [0.25, 0.3) is 0 Å². The van der Waals surface area contributed by atoms with Crippen LogP contribution in [0.2, 0.25) is 5.02 Å². The second-order valence-corrected chi connectivity index (χ2v) is 12.5. The highest BCUT2D eigenvalue weighted by atomic mass is 35.5. The molecule has 1 aromatic rings. The second kappa shape index (κ2) is 12.4. The fourth-order valence-electron chi connectivity index (χ4n) is 6.73. The summed E-state index contributed by atoms with van der Waals surface area (Å²) in [6, 6.07) is 2.30. The van der Waals surface area contributed by atoms with Gasteiger partial charge >= 0.3 is 12.1 Å². The van der Waals surface area contributed by atoms with E-state index in [1.807, 2.05) is 6.92 Å². The lowest BCUT2D eigenvalue weighted by molar-refractivity contribution is -0.162. The summed E-state index contributed by atoms with van der Waals surface area (Å²) in [7, 11) is 1.02. The van der Waals surface area contributed by atoms with Crippen molar-refractivity contribution in [2.24, 2.45) is 28.8 Å². The molecule has 3 aliphatic rings. The van der Waals surface area contributed by atoms with Crippen LogP contribution in [0.4, 0.5) is 13.2 Å². The van der Waals surface area contributed by atoms with Gasteiger partial charge in [0.05, 0.1) is 23.1 Å². The zero-order chi connectivity index (χ0) is 31.9. The van der Waals surface area contributed by atoms with E-state index in [2.05, 4.69) is 0 Å². The lowest BCUT2D eigenvalue weighted by Gasteiger charge is -2.45. The number of allylic oxidation sites excluding steroid dienone is 1. The molecule has 0 aromatic heterocycles. The number of alkyl halides is 3. The van der Waals surface area contributed by atoms with Crippen molar-refractivity contribution >= 4 is 29.4 Å². The van der Waals surface area contributed by atoms with E-state index in [1.165, 1.54) is 6.07 Å². The first-order chi connectivity index (χ1) is 20.1. The van der Waals surface area contributed by atoms with Crippen LogP contribution in [-0.4, -0.2) is 77.2 Å². The molecular formula is C29H39ClF3N5O5. The Morgan fingerprint density at radius 3 is 2.56 bits per heavy atom. The molecule has 10 nitrogen and oxygen atoms in total. The Morgan fingerprint density at radius 2 is 1.98 bits per heavy atom. The molecule has 14 heteroatoms. The Labute approximate surface area is 253 Å². The maximum atomic E-state index is 14.3. The molecule has 2 aliphatic heterocycles. The maximum absolute atomic E-state index is 14.3. The molecule has 1 aromatic carbocycles. The van der Waals surface area contributed by atoms with Crippen molar-refractivity contribution in [2.75, 3.05) is 33.3 Å². The number of aliphatic carboxylic acids is 1. The van der Waals surface area contributed by atoms with Crippen molar-refractivity contribution in [3.05, 3.63) is 39.7 Å². The van der Waals surface area contributed by atoms with Crippen molar-refractivity contribution in [3.8, 4) is 5.75 Å². The van der Waals surface area contributed by atoms with Crippen LogP contribution < -0.4 is 16.3 Å². The topological polar surface area (TPSA) is 142 Å². The zero-order valence-corrected chi connectivity index (χ0v) is 25.3. The molecule has 1 saturated heterocycles. The number of carbonyl (C=O) groups is 3. The molecule has 1 aliphatic carbocycles. The van der Waals surface area contributed by atoms with E-state index < -0.39 is 47.5 Å². The fraction of sp³-hybridized carbons (Fsp3) is 0.621. The number of ether oxygens (including phenoxy) is 1. The third-order valence-corrected chi connectivity index (χ3v) is 9.31. The van der Waals surface area contributed by atoms with E-state index in [4.69, 9.17) is 27.9 Å². The SMILES string of the molecule is C[C@@H]1CC(=O)N(C[C@@H]2c3c(OC/C(N)=C(/N(C)N)C(F)(F)F)ccc(Cl)c3CCN2C(=O)[C@@H]2CCCC[C@]2(C)C(=O)O)C1. The van der Waals surface area contributed by atoms with E-state index in [1.54, 1.807) is 22.8 Å². The maximum Gasteiger partial charge on any atom is 0.434 e. The summed E-state index contributed by atoms with van der Waals surface area (Å²) in [6.07, 6.45) is -2.01. The highest BCUT2D eigenvalue weighted by Gasteiger charge is 2.50. The number of nitrogens with two attached hydrogens (primary N) is 2. The number of carbonyl (C=O) groups excluding carboxylic acids is 2. The minimum Gasteiger partial charge on any atom is -0.487 e. The molecule has 2 amide bonds. The van der Waals surface area contributed by atoms with Crippen molar-refractivity contribution in [1.29, 1.82) is 0 Å². The molecule has 4 rings (SSSR count). The predicted octanol–water partition coefficient (Wildman–Crippen LogP) is 3.83. The summed E-state index contributed by atoms with van der Waals surface area (Å²) in [5.74, 6) is 3.42. The first-order valence-corrected chi connectivity index (χ1v) is 14.7. The Morgan fingerprint density at radius 1 is 1.28 bits per heavy atom. The third-order valence-electron chi connectivity index (χ3n) is 8.96. The number of hydrogen-bond donors (Lipinski definition) is 3. The molecule has 0 bridgehead atoms. The van der Waals surface area contributed by atoms with E-state index in [0.717, 1.165) is 7.05 Å². The van der Waals surface area contributed by atoms with E-state index in [9.17, 15) is 32.7 Å². The molecule has 0 unspecified atom stereocenters. The van der Waals surface area contributed by atoms with Crippen LogP contribution in [0.3, 0.4) is 0 Å². The third kappa shape index (κ3) is 6.52. The second-order valence-electron chi connectivity index (χ2n) is 12.1. The van der Waals surface area contributed by atoms with Crippen LogP contribution in [0, 0.1) is 17.3 Å². The number of hydrogen-bond acceptors (Lipinski definition) is 7. The number of rotatable bonds is 8. The number of hydrazine groups is 1. The minimum atomic E-state index is -4.83. The lowest BCUT2D eigenvalue weighted by Crippen LogP contribution is -2.52. The van der Waals surface area contributed by atoms with Gasteiger partial charge in [0, 0.05) is 43.7 Å². The largest absolute Gasteiger partial charge is 0.487 e. The summed E-state index contributed by atoms with van der Waals surface area (Å²) in [5.41, 5.74) is 3.75. The van der Waals surface area contributed by atoms with Gasteiger partial charge in [0.1, 0.15) is 12.4 Å². The van der Waals surface area contributed by atoms with E-state index >= 15 is 0 Å². The van der Waals surface area contributed by atoms with E-state index in [-0.39, 0.29) is 36.6 Å². The van der Waals surface area contributed by atoms with Crippen molar-refractivity contribution in [1.82, 2.24) is 14.8 Å². The predicted molar refractivity (Wildman–Crippen MR) is 152 cm³/mol. The number of benzene rings is 1. The Balaban J connectivity index is 1.77. The summed E-state index contributed by atoms with van der Waals surface area (Å²) >= 11 is 6.60. The van der Waals surface area contributed by atoms with Crippen LogP contribution >= 0.6 is 11.6 Å². The highest BCUT2D eigenvalue weighted by molar-refractivity contribution is 6.31. The standard InChI is InChI=1S/C29H39ClF3N5O5/c1-16-12-23(39)37(13-16)14-21-24-17(9-11-38(21)26(40)18-6-4-5-10-28(18,2)27(41)42)19(30)7-8-22(24)43-15-20(34)25(36(3)35)29(31,32)33/h7-8,16,18,21H,4-6,9-15,34-35H2,1-3H3,(H,41,42)/b25-20-/t16-,18+,21-,28+/m1/s1. The molecule has 0 spiro atoms. The van der Waals surface area contributed by atoms with Crippen LogP contribution in [0.15, 0.2) is 23.5 Å². The first kappa shape index (κ1) is 32.7. The summed E-state index contributed by atoms with van der Waals surface area (Å²) in [5, 5.41) is 10.9. The first-order valence-electron chi connectivity index (χ1n) is 14.4. The molecule has 4 atom stereocenters. The Kier molecular flexibility index (Phi) is 9.46. The van der Waals surface area contributed by atoms with Crippen LogP contribution in [0.25, 0.3) is 0 Å². The molecular weight excluding hydrogens is 591 g/mol. The number of carboxylic acids is 1. The number of likely N-dealkylation sites (tertiary alicyclic amines) is 1. The lowest BCUT2D eigenvalue weighted by atomic mass is 9.66. The average Bonchev–Trinajstić information content (AvgIpc) is 3.23. The number of amides is 2. The monoisotopic (exact) mass is 629 g/mol. The van der Waals surface area contributed by atoms with Crippen LogP contribution in [-0.2, 0) is 20.8 Å². The quantitative estimate of drug-likeness (QED) is 0.291. The Bertz CT molecular complexity index is 1310. The summed E-state index contributed by atoms with van der Waals surface area (Å²) in [4.78, 5) is 42.8. The fourth-order valence-corrected chi connectivity index (χ4v) is 6.99. The number of halogens is 4. The van der Waals surface area contributed by atoms with E-state index in [0.29, 0.717) is 66.2 Å². The molecule has 1 saturated carbocycles. The van der Waals surface area contributed by atoms with Gasteiger partial charge in [-0.25, -0.2) is 5.84 Å². The van der Waals surface area contributed by atoms with Gasteiger partial charge in [-0.3, -0.25) is 14.4 Å². The van der Waals surface area contributed by atoms with Gasteiger partial charge in [0.15, 0.2) is 5.70 Å². The van der Waals surface area contributed by atoms with Gasteiger partial charge in [-0.2, -0.15) is 13.2 Å². The van der Waals surface area contributed by atoms with Gasteiger partial charge < -0.3 is 30.4 Å². The molecule has 2 heterocycles. The number of fused-ring (bicyclic) bond motifs is 1. The van der Waals surface area contributed by atoms with Gasteiger partial charge in [-0.1, -0.05) is 31.4 Å². The minimum absolute atomic E-state index is 0.0856. The van der Waals surface area contributed by atoms with Crippen molar-refractivity contribution in [2.45, 2.75) is 64.6 Å². The average molecular weight is 630 g/mol. The zero-order valence-electron chi connectivity index (χ0n) is 24.5. The Hall–Kier alpha value is -3.19. The summed E-state index contributed by atoms with van der Waals surface area (Å²) in [6.45, 7) is 3.67. The molecule has 2 fully saturated rings. The van der Waals surface area contributed by atoms with Gasteiger partial charge in [-0.05, 0) is 49.8 Å². The van der Waals surface area contributed by atoms with Crippen molar-refractivity contribution in [3.63, 3.8) is 0 Å². The molecule has 5 N–H and O–H groups in total. The summed E-state index contributed by atoms with van der Waals surface area (Å²) < 4.78 is 46.7. The van der Waals surface area contributed by atoms with Gasteiger partial charge in [0.2, 0.25) is 11.8 Å². The molecule has 0 radical (unpaired) electrons. The van der Waals surface area contributed by atoms with Gasteiger partial charge in [-0.15, -0.1) is 0 Å². The highest BCUT2D eigenvalue weighted by Crippen LogP contribution is 2.46. The smallest absolute Gasteiger partial charge is 0.434 e. The number of nitrogens with zero attached hydrogens (tertiary/aromatic N) is 3. The van der Waals surface area contributed by atoms with Crippen LogP contribution in [0.1, 0.15) is 63.1 Å². The molecule has 238 valence electrons.